The summed E-state index contributed by atoms with van der Waals surface area (Å²) in [5.41, 5.74) is 2.22. The number of carbonyl (C=O) groups is 1. The van der Waals surface area contributed by atoms with Gasteiger partial charge in [-0.05, 0) is 36.4 Å². The van der Waals surface area contributed by atoms with Crippen LogP contribution in [0.1, 0.15) is 48.7 Å². The fourth-order valence-corrected chi connectivity index (χ4v) is 2.83. The van der Waals surface area contributed by atoms with Crippen molar-refractivity contribution in [2.45, 2.75) is 33.2 Å². The second-order valence-electron chi connectivity index (χ2n) is 6.73. The number of para-hydroxylation sites is 1. The van der Waals surface area contributed by atoms with Crippen LogP contribution in [0, 0.1) is 5.82 Å². The summed E-state index contributed by atoms with van der Waals surface area (Å²) in [6, 6.07) is 13.7. The van der Waals surface area contributed by atoms with Crippen LogP contribution in [-0.2, 0) is 6.54 Å². The molecule has 154 valence electrons. The molecule has 1 amide bonds. The van der Waals surface area contributed by atoms with Gasteiger partial charge in [-0.1, -0.05) is 45.0 Å². The first-order valence-corrected chi connectivity index (χ1v) is 9.32. The van der Waals surface area contributed by atoms with Crippen LogP contribution in [0.2, 0.25) is 0 Å². The molecular weight excluding hydrogens is 393 g/mol. The van der Waals surface area contributed by atoms with E-state index in [1.165, 1.54) is 16.8 Å². The van der Waals surface area contributed by atoms with Gasteiger partial charge in [-0.2, -0.15) is 0 Å². The number of carbonyl (C=O) groups excluding carboxylic acids is 1. The SMILES string of the molecule is CCNCc1ccccc1NC(=O)c1nc(C(C)C)n(-c2cccc(F)c2)n1.Cl. The Morgan fingerprint density at radius 1 is 1.17 bits per heavy atom. The van der Waals surface area contributed by atoms with Crippen LogP contribution >= 0.6 is 12.4 Å². The second-order valence-corrected chi connectivity index (χ2v) is 6.73. The van der Waals surface area contributed by atoms with Crippen LogP contribution in [0.25, 0.3) is 5.69 Å². The molecule has 0 saturated carbocycles. The van der Waals surface area contributed by atoms with Crippen LogP contribution < -0.4 is 10.6 Å². The predicted octanol–water partition coefficient (Wildman–Crippen LogP) is 4.31. The smallest absolute Gasteiger partial charge is 0.295 e. The van der Waals surface area contributed by atoms with E-state index < -0.39 is 5.91 Å². The van der Waals surface area contributed by atoms with Crippen molar-refractivity contribution in [2.75, 3.05) is 11.9 Å². The van der Waals surface area contributed by atoms with Gasteiger partial charge in [0.1, 0.15) is 11.6 Å². The fourth-order valence-electron chi connectivity index (χ4n) is 2.83. The molecular formula is C21H25ClFN5O. The van der Waals surface area contributed by atoms with E-state index in [9.17, 15) is 9.18 Å². The number of halogens is 2. The number of benzene rings is 2. The Bertz CT molecular complexity index is 973. The van der Waals surface area contributed by atoms with Crippen LogP contribution in [-0.4, -0.2) is 27.2 Å². The zero-order valence-electron chi connectivity index (χ0n) is 16.6. The number of nitrogens with one attached hydrogen (secondary N) is 2. The lowest BCUT2D eigenvalue weighted by Gasteiger charge is -2.10. The van der Waals surface area contributed by atoms with Gasteiger partial charge in [-0.3, -0.25) is 4.79 Å². The van der Waals surface area contributed by atoms with E-state index in [2.05, 4.69) is 20.7 Å². The van der Waals surface area contributed by atoms with E-state index in [4.69, 9.17) is 0 Å². The van der Waals surface area contributed by atoms with Crippen LogP contribution in [0.4, 0.5) is 10.1 Å². The van der Waals surface area contributed by atoms with Crippen LogP contribution in [0.5, 0.6) is 0 Å². The number of amides is 1. The third-order valence-electron chi connectivity index (χ3n) is 4.24. The number of aromatic nitrogens is 3. The van der Waals surface area contributed by atoms with Crippen molar-refractivity contribution < 1.29 is 9.18 Å². The van der Waals surface area contributed by atoms with Crippen molar-refractivity contribution in [1.29, 1.82) is 0 Å². The largest absolute Gasteiger partial charge is 0.319 e. The van der Waals surface area contributed by atoms with Gasteiger partial charge in [0, 0.05) is 18.2 Å². The molecule has 1 aromatic heterocycles. The summed E-state index contributed by atoms with van der Waals surface area (Å²) in [7, 11) is 0. The molecule has 2 aromatic carbocycles. The molecule has 0 aliphatic carbocycles. The third kappa shape index (κ3) is 5.40. The van der Waals surface area contributed by atoms with E-state index in [0.717, 1.165) is 12.1 Å². The molecule has 0 bridgehead atoms. The first-order chi connectivity index (χ1) is 13.5. The van der Waals surface area contributed by atoms with Crippen molar-refractivity contribution in [3.05, 3.63) is 71.6 Å². The zero-order valence-corrected chi connectivity index (χ0v) is 17.5. The molecule has 0 saturated heterocycles. The number of rotatable bonds is 7. The summed E-state index contributed by atoms with van der Waals surface area (Å²) in [5, 5.41) is 10.5. The number of hydrogen-bond acceptors (Lipinski definition) is 4. The monoisotopic (exact) mass is 417 g/mol. The highest BCUT2D eigenvalue weighted by Gasteiger charge is 2.20. The normalized spacial score (nSPS) is 10.7. The van der Waals surface area contributed by atoms with Gasteiger partial charge in [-0.25, -0.2) is 14.1 Å². The summed E-state index contributed by atoms with van der Waals surface area (Å²) < 4.78 is 15.2. The van der Waals surface area contributed by atoms with E-state index in [0.29, 0.717) is 23.7 Å². The van der Waals surface area contributed by atoms with Gasteiger partial charge in [0.05, 0.1) is 5.69 Å². The molecule has 0 aliphatic rings. The van der Waals surface area contributed by atoms with Gasteiger partial charge in [0.25, 0.3) is 5.91 Å². The van der Waals surface area contributed by atoms with Crippen molar-refractivity contribution in [3.63, 3.8) is 0 Å². The van der Waals surface area contributed by atoms with E-state index in [1.54, 1.807) is 12.1 Å². The minimum Gasteiger partial charge on any atom is -0.319 e. The lowest BCUT2D eigenvalue weighted by molar-refractivity contribution is 0.101. The molecule has 0 radical (unpaired) electrons. The Morgan fingerprint density at radius 2 is 1.93 bits per heavy atom. The molecule has 2 N–H and O–H groups in total. The maximum atomic E-state index is 13.6. The molecule has 6 nitrogen and oxygen atoms in total. The standard InChI is InChI=1S/C21H24FN5O.ClH/c1-4-23-13-15-8-5-6-11-18(15)24-21(28)19-25-20(14(2)3)27(26-19)17-10-7-9-16(22)12-17;/h5-12,14,23H,4,13H2,1-3H3,(H,24,28);1H. The maximum absolute atomic E-state index is 13.6. The van der Waals surface area contributed by atoms with Crippen LogP contribution in [0.3, 0.4) is 0 Å². The highest BCUT2D eigenvalue weighted by molar-refractivity contribution is 6.02. The minimum atomic E-state index is -0.402. The van der Waals surface area contributed by atoms with Crippen molar-refractivity contribution in [3.8, 4) is 5.69 Å². The molecule has 1 heterocycles. The third-order valence-corrected chi connectivity index (χ3v) is 4.24. The molecule has 0 atom stereocenters. The molecule has 0 spiro atoms. The van der Waals surface area contributed by atoms with Gasteiger partial charge in [0.15, 0.2) is 0 Å². The molecule has 0 fully saturated rings. The first-order valence-electron chi connectivity index (χ1n) is 9.32. The second kappa shape index (κ2) is 10.1. The van der Waals surface area contributed by atoms with Crippen molar-refractivity contribution >= 4 is 24.0 Å². The average molecular weight is 418 g/mol. The van der Waals surface area contributed by atoms with Crippen molar-refractivity contribution in [2.24, 2.45) is 0 Å². The molecule has 3 rings (SSSR count). The summed E-state index contributed by atoms with van der Waals surface area (Å²) >= 11 is 0. The highest BCUT2D eigenvalue weighted by Crippen LogP contribution is 2.20. The quantitative estimate of drug-likeness (QED) is 0.600. The Balaban J connectivity index is 0.00000300. The van der Waals surface area contributed by atoms with E-state index >= 15 is 0 Å². The van der Waals surface area contributed by atoms with Gasteiger partial charge < -0.3 is 10.6 Å². The highest BCUT2D eigenvalue weighted by atomic mass is 35.5. The Labute approximate surface area is 176 Å². The summed E-state index contributed by atoms with van der Waals surface area (Å²) in [6.07, 6.45) is 0. The first kappa shape index (κ1) is 22.5. The summed E-state index contributed by atoms with van der Waals surface area (Å²) in [4.78, 5) is 17.2. The summed E-state index contributed by atoms with van der Waals surface area (Å²) in [5.74, 6) is -0.117. The number of hydrogen-bond donors (Lipinski definition) is 2. The zero-order chi connectivity index (χ0) is 20.1. The van der Waals surface area contributed by atoms with Gasteiger partial charge >= 0.3 is 0 Å². The molecule has 0 aliphatic heterocycles. The Morgan fingerprint density at radius 3 is 2.62 bits per heavy atom. The maximum Gasteiger partial charge on any atom is 0.295 e. The fraction of sp³-hybridized carbons (Fsp3) is 0.286. The molecule has 8 heteroatoms. The molecule has 29 heavy (non-hydrogen) atoms. The number of anilines is 1. The predicted molar refractivity (Wildman–Crippen MR) is 114 cm³/mol. The lowest BCUT2D eigenvalue weighted by atomic mass is 10.1. The average Bonchev–Trinajstić information content (AvgIpc) is 3.13. The minimum absolute atomic E-state index is 0. The lowest BCUT2D eigenvalue weighted by Crippen LogP contribution is -2.18. The number of nitrogens with zero attached hydrogens (tertiary/aromatic N) is 3. The van der Waals surface area contributed by atoms with Crippen molar-refractivity contribution in [1.82, 2.24) is 20.1 Å². The molecule has 3 aromatic rings. The van der Waals surface area contributed by atoms with Crippen LogP contribution in [0.15, 0.2) is 48.5 Å². The molecule has 0 unspecified atom stereocenters. The Kier molecular flexibility index (Phi) is 7.87. The Hall–Kier alpha value is -2.77. The van der Waals surface area contributed by atoms with E-state index in [-0.39, 0.29) is 30.0 Å². The van der Waals surface area contributed by atoms with Gasteiger partial charge in [0.2, 0.25) is 5.82 Å². The summed E-state index contributed by atoms with van der Waals surface area (Å²) in [6.45, 7) is 7.41. The topological polar surface area (TPSA) is 71.8 Å². The van der Waals surface area contributed by atoms with E-state index in [1.807, 2.05) is 45.0 Å². The van der Waals surface area contributed by atoms with Gasteiger partial charge in [-0.15, -0.1) is 17.5 Å².